The first-order valence-electron chi connectivity index (χ1n) is 13.3. The van der Waals surface area contributed by atoms with Crippen LogP contribution in [0.4, 0.5) is 0 Å². The fourth-order valence-electron chi connectivity index (χ4n) is 4.14. The summed E-state index contributed by atoms with van der Waals surface area (Å²) < 4.78 is 10.9. The highest BCUT2D eigenvalue weighted by atomic mass is 16.7. The summed E-state index contributed by atoms with van der Waals surface area (Å²) in [6.45, 7) is 2.20. The van der Waals surface area contributed by atoms with Crippen LogP contribution in [0, 0.1) is 23.7 Å². The first kappa shape index (κ1) is 35.7. The van der Waals surface area contributed by atoms with Crippen LogP contribution in [0.25, 0.3) is 0 Å². The van der Waals surface area contributed by atoms with Gasteiger partial charge in [0.2, 0.25) is 0 Å². The van der Waals surface area contributed by atoms with Crippen molar-refractivity contribution in [1.29, 1.82) is 0 Å². The molecule has 0 aliphatic rings. The second-order valence-electron chi connectivity index (χ2n) is 9.52. The van der Waals surface area contributed by atoms with Crippen molar-refractivity contribution < 1.29 is 49.2 Å². The molecule has 2 aromatic rings. The summed E-state index contributed by atoms with van der Waals surface area (Å²) in [6, 6.07) is 0. The normalized spacial score (nSPS) is 11.1. The van der Waals surface area contributed by atoms with E-state index in [4.69, 9.17) is 9.47 Å². The van der Waals surface area contributed by atoms with Gasteiger partial charge in [-0.15, -0.1) is 9.81 Å². The van der Waals surface area contributed by atoms with Gasteiger partial charge in [0.1, 0.15) is 24.7 Å². The molecule has 0 saturated heterocycles. The minimum atomic E-state index is -1.15. The zero-order valence-electron chi connectivity index (χ0n) is 24.4. The Morgan fingerprint density at radius 2 is 1.11 bits per heavy atom. The molecule has 0 unspecified atom stereocenters. The van der Waals surface area contributed by atoms with E-state index in [-0.39, 0.29) is 77.3 Å². The van der Waals surface area contributed by atoms with Gasteiger partial charge in [0.25, 0.3) is 0 Å². The summed E-state index contributed by atoms with van der Waals surface area (Å²) >= 11 is 0. The number of aryl methyl sites for hydroxylation is 2. The maximum atomic E-state index is 11.7. The van der Waals surface area contributed by atoms with Crippen LogP contribution < -0.4 is 0 Å². The maximum absolute atomic E-state index is 11.7. The van der Waals surface area contributed by atoms with Crippen molar-refractivity contribution >= 4 is 11.9 Å². The van der Waals surface area contributed by atoms with Gasteiger partial charge in [0, 0.05) is 60.8 Å². The molecule has 0 fully saturated rings. The van der Waals surface area contributed by atoms with Crippen LogP contribution >= 0.6 is 0 Å². The zero-order chi connectivity index (χ0) is 32.5. The second kappa shape index (κ2) is 18.9. The topological polar surface area (TPSA) is 243 Å². The predicted molar refractivity (Wildman–Crippen MR) is 150 cm³/mol. The third-order valence-electron chi connectivity index (χ3n) is 6.33. The standard InChI is InChI=1S/C26H36N6O12/c1-17-25(37)21(19(9-27-17)15-41-5-7-43-29-39)11-31(13-23(33)34)3-4-32(14-24(35)36)12-22-20(10-28-18(2)26(22)38)16-42-6-8-44-30-40/h9-10,37-38H,3-8,11-16H2,1-2H3,(H,33,34)(H,35,36). The molecule has 2 heterocycles. The molecular formula is C26H36N6O12. The van der Waals surface area contributed by atoms with Crippen LogP contribution in [0.5, 0.6) is 11.5 Å². The van der Waals surface area contributed by atoms with E-state index in [1.54, 1.807) is 13.8 Å². The van der Waals surface area contributed by atoms with E-state index in [9.17, 15) is 39.8 Å². The Morgan fingerprint density at radius 3 is 1.45 bits per heavy atom. The number of nitrogens with zero attached hydrogens (tertiary/aromatic N) is 6. The lowest BCUT2D eigenvalue weighted by Gasteiger charge is -2.28. The predicted octanol–water partition coefficient (Wildman–Crippen LogP) is 1.41. The van der Waals surface area contributed by atoms with E-state index in [1.165, 1.54) is 22.2 Å². The van der Waals surface area contributed by atoms with Crippen molar-refractivity contribution in [2.45, 2.75) is 40.2 Å². The molecular weight excluding hydrogens is 588 g/mol. The molecule has 44 heavy (non-hydrogen) atoms. The Balaban J connectivity index is 2.25. The molecule has 0 aromatic carbocycles. The average Bonchev–Trinajstić information content (AvgIpc) is 2.97. The van der Waals surface area contributed by atoms with Gasteiger partial charge in [-0.1, -0.05) is 0 Å². The fraction of sp³-hybridized carbons (Fsp3) is 0.538. The number of carboxylic acids is 2. The van der Waals surface area contributed by atoms with Crippen molar-refractivity contribution in [1.82, 2.24) is 19.8 Å². The molecule has 18 nitrogen and oxygen atoms in total. The highest BCUT2D eigenvalue weighted by Gasteiger charge is 2.22. The van der Waals surface area contributed by atoms with Crippen LogP contribution in [0.1, 0.15) is 33.6 Å². The molecule has 0 radical (unpaired) electrons. The Labute approximate surface area is 252 Å². The van der Waals surface area contributed by atoms with Crippen LogP contribution in [0.15, 0.2) is 23.1 Å². The van der Waals surface area contributed by atoms with Gasteiger partial charge in [0.15, 0.2) is 10.7 Å². The van der Waals surface area contributed by atoms with Crippen molar-refractivity contribution in [2.24, 2.45) is 10.7 Å². The van der Waals surface area contributed by atoms with Crippen LogP contribution in [-0.4, -0.2) is 105 Å². The molecule has 0 atom stereocenters. The molecule has 2 aromatic heterocycles. The summed E-state index contributed by atoms with van der Waals surface area (Å²) in [5.74, 6) is -2.59. The maximum Gasteiger partial charge on any atom is 0.317 e. The molecule has 0 amide bonds. The fourth-order valence-corrected chi connectivity index (χ4v) is 4.14. The Morgan fingerprint density at radius 1 is 0.727 bits per heavy atom. The highest BCUT2D eigenvalue weighted by molar-refractivity contribution is 5.69. The number of aromatic hydroxyl groups is 2. The van der Waals surface area contributed by atoms with Crippen LogP contribution in [-0.2, 0) is 55.0 Å². The number of rotatable bonds is 23. The summed E-state index contributed by atoms with van der Waals surface area (Å²) in [6.07, 6.45) is 2.97. The van der Waals surface area contributed by atoms with Gasteiger partial charge < -0.3 is 39.6 Å². The van der Waals surface area contributed by atoms with Crippen LogP contribution in [0.3, 0.4) is 0 Å². The Hall–Kier alpha value is -4.52. The van der Waals surface area contributed by atoms with E-state index in [0.29, 0.717) is 33.6 Å². The minimum Gasteiger partial charge on any atom is -0.506 e. The molecule has 0 spiro atoms. The summed E-state index contributed by atoms with van der Waals surface area (Å²) in [4.78, 5) is 63.6. The quantitative estimate of drug-likeness (QED) is 0.0775. The molecule has 242 valence electrons. The first-order chi connectivity index (χ1) is 21.1. The average molecular weight is 625 g/mol. The Bertz CT molecular complexity index is 1170. The summed E-state index contributed by atoms with van der Waals surface area (Å²) in [7, 11) is 0. The largest absolute Gasteiger partial charge is 0.506 e. The SMILES string of the molecule is Cc1ncc(COCCON=O)c(CN(CCN(CC(=O)O)Cc2c(COCCON=O)cnc(C)c2O)CC(=O)O)c1O. The highest BCUT2D eigenvalue weighted by Crippen LogP contribution is 2.27. The van der Waals surface area contributed by atoms with E-state index in [1.807, 2.05) is 0 Å². The van der Waals surface area contributed by atoms with Gasteiger partial charge >= 0.3 is 11.9 Å². The molecule has 18 heteroatoms. The lowest BCUT2D eigenvalue weighted by atomic mass is 10.1. The summed E-state index contributed by atoms with van der Waals surface area (Å²) in [5.41, 5.74) is 2.31. The molecule has 4 N–H and O–H groups in total. The molecule has 0 bridgehead atoms. The van der Waals surface area contributed by atoms with Gasteiger partial charge in [-0.25, -0.2) is 0 Å². The van der Waals surface area contributed by atoms with E-state index < -0.39 is 25.0 Å². The van der Waals surface area contributed by atoms with E-state index >= 15 is 0 Å². The number of carbonyl (C=O) groups is 2. The molecule has 2 rings (SSSR count). The minimum absolute atomic E-state index is 0.0201. The number of hydrogen-bond acceptors (Lipinski definition) is 16. The van der Waals surface area contributed by atoms with Crippen LogP contribution in [0.2, 0.25) is 0 Å². The molecule has 0 aliphatic heterocycles. The third kappa shape index (κ3) is 12.0. The van der Waals surface area contributed by atoms with Gasteiger partial charge in [-0.2, -0.15) is 0 Å². The van der Waals surface area contributed by atoms with Crippen molar-refractivity contribution in [3.8, 4) is 11.5 Å². The van der Waals surface area contributed by atoms with E-state index in [2.05, 4.69) is 30.3 Å². The number of ether oxygens (including phenoxy) is 2. The number of aromatic nitrogens is 2. The van der Waals surface area contributed by atoms with Gasteiger partial charge in [-0.3, -0.25) is 29.4 Å². The monoisotopic (exact) mass is 624 g/mol. The second-order valence-corrected chi connectivity index (χ2v) is 9.52. The first-order valence-corrected chi connectivity index (χ1v) is 13.3. The Kier molecular flexibility index (Phi) is 15.3. The zero-order valence-corrected chi connectivity index (χ0v) is 24.4. The van der Waals surface area contributed by atoms with Gasteiger partial charge in [0.05, 0.1) is 50.9 Å². The molecule has 0 saturated carbocycles. The van der Waals surface area contributed by atoms with Gasteiger partial charge in [-0.05, 0) is 13.8 Å². The number of aliphatic carboxylic acids is 2. The number of carboxylic acid groups (broad SMARTS) is 2. The van der Waals surface area contributed by atoms with Crippen molar-refractivity contribution in [3.63, 3.8) is 0 Å². The number of pyridine rings is 2. The smallest absolute Gasteiger partial charge is 0.317 e. The number of hydrogen-bond donors (Lipinski definition) is 4. The van der Waals surface area contributed by atoms with E-state index in [0.717, 1.165) is 0 Å². The lowest BCUT2D eigenvalue weighted by Crippen LogP contribution is -2.39. The molecule has 0 aliphatic carbocycles. The summed E-state index contributed by atoms with van der Waals surface area (Å²) in [5, 5.41) is 45.3. The van der Waals surface area contributed by atoms with Crippen molar-refractivity contribution in [3.05, 3.63) is 55.8 Å². The van der Waals surface area contributed by atoms with Crippen molar-refractivity contribution in [2.75, 3.05) is 52.6 Å². The lowest BCUT2D eigenvalue weighted by molar-refractivity contribution is -0.140. The third-order valence-corrected chi connectivity index (χ3v) is 6.33.